The van der Waals surface area contributed by atoms with E-state index in [1.807, 2.05) is 0 Å². The molecule has 372 valence electrons. The third-order valence-electron chi connectivity index (χ3n) is 20.6. The molecular weight excluding hydrogens is 905 g/mol. The van der Waals surface area contributed by atoms with Crippen LogP contribution in [0.2, 0.25) is 16.6 Å². The number of benzene rings is 6. The van der Waals surface area contributed by atoms with Crippen molar-refractivity contribution < 1.29 is 9.59 Å². The van der Waals surface area contributed by atoms with E-state index in [0.717, 1.165) is 68.0 Å². The molecule has 0 N–H and O–H groups in total. The van der Waals surface area contributed by atoms with Crippen molar-refractivity contribution in [2.45, 2.75) is 181 Å². The van der Waals surface area contributed by atoms with Gasteiger partial charge in [-0.15, -0.1) is 0 Å². The van der Waals surface area contributed by atoms with Crippen LogP contribution in [0.3, 0.4) is 0 Å². The van der Waals surface area contributed by atoms with E-state index in [1.165, 1.54) is 110 Å². The van der Waals surface area contributed by atoms with E-state index in [9.17, 15) is 9.59 Å². The smallest absolute Gasteiger partial charge is 0.166 e. The highest BCUT2D eigenvalue weighted by Crippen LogP contribution is 2.53. The average Bonchev–Trinajstić information content (AvgIpc) is 4.00. The molecule has 0 unspecified atom stereocenters. The maximum atomic E-state index is 14.6. The molecule has 4 nitrogen and oxygen atoms in total. The zero-order valence-electron chi connectivity index (χ0n) is 45.6. The van der Waals surface area contributed by atoms with Crippen molar-refractivity contribution in [3.63, 3.8) is 0 Å². The molecule has 0 spiro atoms. The van der Waals surface area contributed by atoms with Gasteiger partial charge in [-0.3, -0.25) is 9.59 Å². The minimum absolute atomic E-state index is 0.131. The summed E-state index contributed by atoms with van der Waals surface area (Å²) in [4.78, 5) is 29.1. The highest BCUT2D eigenvalue weighted by atomic mass is 28.3. The molecule has 4 aromatic heterocycles. The van der Waals surface area contributed by atoms with Gasteiger partial charge in [-0.1, -0.05) is 113 Å². The van der Waals surface area contributed by atoms with Crippen molar-refractivity contribution in [1.29, 1.82) is 0 Å². The molecule has 2 fully saturated rings. The van der Waals surface area contributed by atoms with Gasteiger partial charge in [0, 0.05) is 66.1 Å². The summed E-state index contributed by atoms with van der Waals surface area (Å²) >= 11 is 0. The number of hydrogen-bond donors (Lipinski definition) is 0. The van der Waals surface area contributed by atoms with Gasteiger partial charge in [-0.25, -0.2) is 0 Å². The highest BCUT2D eigenvalue weighted by molar-refractivity contribution is 6.95. The standard InChI is InChI=1S/C68H74N2O2Si/c1-33(2)43-21-46(34(3)4)64(47(22-43)35(5)6)44-23-54-50-27-48-39-13-17-41(18-14-39)67(71)58(48)31-62(50)69-60-30-53-57-26-45(73(36(7)8,37(9)10)38(11)12)25-56-51-28-49-40-15-19-42(20-16-40)68(72)59(49)32-63(51)70(66(56)57)61(53)29-52(60)55(24-44)65(54)69/h21-42H,13-20H2,1-12H3. The molecular formula is C68H74N2O2Si. The lowest BCUT2D eigenvalue weighted by Crippen LogP contribution is -2.55. The van der Waals surface area contributed by atoms with Crippen LogP contribution >= 0.6 is 0 Å². The molecule has 16 rings (SSSR count). The summed E-state index contributed by atoms with van der Waals surface area (Å²) in [5.41, 5.74) is 20.5. The van der Waals surface area contributed by atoms with Crippen LogP contribution in [-0.4, -0.2) is 28.4 Å². The normalized spacial score (nSPS) is 20.7. The summed E-state index contributed by atoms with van der Waals surface area (Å²) < 4.78 is 5.16. The largest absolute Gasteiger partial charge is 0.308 e. The molecule has 4 heterocycles. The number of ketones is 2. The van der Waals surface area contributed by atoms with Crippen LogP contribution in [0.4, 0.5) is 0 Å². The number of carbonyl (C=O) groups is 2. The SMILES string of the molecule is CC(C)c1cc(C(C)C)c(-c2cc3c4cc5c(cc4n4c6cc7c8cc([Si](C(C)C)(C(C)C)C(C)C)cc9c%10cc%11c(cc%10n(c7cc6c(c2)c34)c98)C(=O)C2CCC%11CC2)C(=O)C2CCC5CC2)c(C(C)C)c1. The molecule has 10 aromatic rings. The molecule has 0 amide bonds. The Balaban J connectivity index is 1.17. The Labute approximate surface area is 432 Å². The van der Waals surface area contributed by atoms with E-state index < -0.39 is 8.07 Å². The molecule has 0 atom stereocenters. The Hall–Kier alpha value is -5.52. The van der Waals surface area contributed by atoms with Gasteiger partial charge in [0.1, 0.15) is 0 Å². The quantitative estimate of drug-likeness (QED) is 0.142. The van der Waals surface area contributed by atoms with E-state index in [1.54, 1.807) is 5.19 Å². The molecule has 0 saturated heterocycles. The van der Waals surface area contributed by atoms with E-state index in [-0.39, 0.29) is 11.8 Å². The van der Waals surface area contributed by atoms with Crippen molar-refractivity contribution in [2.75, 3.05) is 0 Å². The highest BCUT2D eigenvalue weighted by Gasteiger charge is 2.45. The molecule has 0 radical (unpaired) electrons. The first-order valence-electron chi connectivity index (χ1n) is 28.8. The van der Waals surface area contributed by atoms with Crippen LogP contribution in [0.25, 0.3) is 87.3 Å². The summed E-state index contributed by atoms with van der Waals surface area (Å²) in [6.45, 7) is 29.1. The number of aromatic nitrogens is 2. The van der Waals surface area contributed by atoms with E-state index in [4.69, 9.17) is 0 Å². The monoisotopic (exact) mass is 979 g/mol. The van der Waals surface area contributed by atoms with Crippen molar-refractivity contribution >= 4 is 101 Å². The Bertz CT molecular complexity index is 3950. The predicted octanol–water partition coefficient (Wildman–Crippen LogP) is 18.8. The number of hydrogen-bond acceptors (Lipinski definition) is 2. The van der Waals surface area contributed by atoms with Crippen molar-refractivity contribution in [2.24, 2.45) is 11.8 Å². The summed E-state index contributed by atoms with van der Waals surface area (Å²) in [6, 6.07) is 30.2. The van der Waals surface area contributed by atoms with Crippen molar-refractivity contribution in [1.82, 2.24) is 8.80 Å². The molecule has 73 heavy (non-hydrogen) atoms. The maximum Gasteiger partial charge on any atom is 0.166 e. The van der Waals surface area contributed by atoms with E-state index >= 15 is 0 Å². The van der Waals surface area contributed by atoms with E-state index in [2.05, 4.69) is 165 Å². The molecule has 4 bridgehead atoms. The second-order valence-corrected chi connectivity index (χ2v) is 32.0. The first-order chi connectivity index (χ1) is 35.0. The lowest BCUT2D eigenvalue weighted by molar-refractivity contribution is 0.0891. The number of rotatable bonds is 8. The van der Waals surface area contributed by atoms with Crippen LogP contribution in [-0.2, 0) is 0 Å². The molecule has 6 aliphatic carbocycles. The zero-order valence-corrected chi connectivity index (χ0v) is 46.6. The van der Waals surface area contributed by atoms with Gasteiger partial charge in [0.25, 0.3) is 0 Å². The minimum Gasteiger partial charge on any atom is -0.308 e. The Morgan fingerprint density at radius 2 is 0.753 bits per heavy atom. The van der Waals surface area contributed by atoms with Gasteiger partial charge < -0.3 is 8.80 Å². The van der Waals surface area contributed by atoms with Crippen LogP contribution < -0.4 is 5.19 Å². The van der Waals surface area contributed by atoms with Gasteiger partial charge >= 0.3 is 0 Å². The number of fused-ring (bicyclic) bond motifs is 16. The Morgan fingerprint density at radius 1 is 0.397 bits per heavy atom. The third kappa shape index (κ3) is 6.01. The van der Waals surface area contributed by atoms with Gasteiger partial charge in [-0.2, -0.15) is 0 Å². The Morgan fingerprint density at radius 3 is 1.12 bits per heavy atom. The van der Waals surface area contributed by atoms with Gasteiger partial charge in [-0.05, 0) is 185 Å². The number of carbonyl (C=O) groups excluding carboxylic acids is 2. The average molecular weight is 979 g/mol. The topological polar surface area (TPSA) is 43.0 Å². The second kappa shape index (κ2) is 15.8. The van der Waals surface area contributed by atoms with Crippen LogP contribution in [0, 0.1) is 11.8 Å². The molecule has 6 aliphatic rings. The fraction of sp³-hybridized carbons (Fsp3) is 0.441. The fourth-order valence-electron chi connectivity index (χ4n) is 17.3. The van der Waals surface area contributed by atoms with Crippen molar-refractivity contribution in [3.8, 4) is 11.1 Å². The van der Waals surface area contributed by atoms with Crippen LogP contribution in [0.15, 0.2) is 72.8 Å². The van der Waals surface area contributed by atoms with Gasteiger partial charge in [0.2, 0.25) is 0 Å². The lowest BCUT2D eigenvalue weighted by atomic mass is 9.81. The maximum absolute atomic E-state index is 14.6. The first-order valence-corrected chi connectivity index (χ1v) is 31.0. The van der Waals surface area contributed by atoms with E-state index in [0.29, 0.717) is 57.8 Å². The first kappa shape index (κ1) is 46.0. The number of nitrogens with zero attached hydrogens (tertiary/aromatic N) is 2. The van der Waals surface area contributed by atoms with Crippen molar-refractivity contribution in [3.05, 3.63) is 112 Å². The predicted molar refractivity (Wildman–Crippen MR) is 312 cm³/mol. The minimum atomic E-state index is -2.13. The van der Waals surface area contributed by atoms with Crippen LogP contribution in [0.1, 0.15) is 213 Å². The summed E-state index contributed by atoms with van der Waals surface area (Å²) in [7, 11) is -2.13. The van der Waals surface area contributed by atoms with Gasteiger partial charge in [0.15, 0.2) is 11.6 Å². The third-order valence-corrected chi connectivity index (χ3v) is 27.7. The number of Topliss-reactive ketones (excluding diaryl/α,β-unsaturated/α-hetero) is 2. The second-order valence-electron chi connectivity index (χ2n) is 26.1. The molecule has 6 aromatic carbocycles. The van der Waals surface area contributed by atoms with Gasteiger partial charge in [0.05, 0.1) is 41.2 Å². The summed E-state index contributed by atoms with van der Waals surface area (Å²) in [5.74, 6) is 3.01. The summed E-state index contributed by atoms with van der Waals surface area (Å²) in [5, 5.41) is 11.9. The fourth-order valence-corrected chi connectivity index (χ4v) is 24.1. The molecule has 5 heteroatoms. The lowest BCUT2D eigenvalue weighted by Gasteiger charge is -2.43. The zero-order chi connectivity index (χ0) is 50.6. The summed E-state index contributed by atoms with van der Waals surface area (Å²) in [6.07, 6.45) is 8.47. The van der Waals surface area contributed by atoms with Crippen LogP contribution in [0.5, 0.6) is 0 Å². The molecule has 2 saturated carbocycles. The molecule has 0 aliphatic heterocycles. The Kier molecular flexibility index (Phi) is 9.94.